The van der Waals surface area contributed by atoms with Crippen LogP contribution in [0.2, 0.25) is 0 Å². The van der Waals surface area contributed by atoms with E-state index in [4.69, 9.17) is 11.5 Å². The number of carboxylic acids is 1. The number of para-hydroxylation sites is 1. The molecule has 0 radical (unpaired) electrons. The van der Waals surface area contributed by atoms with Crippen LogP contribution in [0.15, 0.2) is 54.7 Å². The number of hydrogen-bond donors (Lipinski definition) is 11. The Morgan fingerprint density at radius 3 is 2.00 bits per heavy atom. The summed E-state index contributed by atoms with van der Waals surface area (Å²) in [6.45, 7) is 8.28. The van der Waals surface area contributed by atoms with Crippen LogP contribution >= 0.6 is 0 Å². The molecular formula is C44H61N9O11. The number of phenolic OH excluding ortho intramolecular Hbond substituents is 1. The van der Waals surface area contributed by atoms with Crippen molar-refractivity contribution in [1.82, 2.24) is 36.5 Å². The van der Waals surface area contributed by atoms with Gasteiger partial charge in [-0.1, -0.05) is 58.0 Å². The number of nitrogens with zero attached hydrogens (tertiary/aromatic N) is 1. The number of amides is 7. The van der Waals surface area contributed by atoms with Crippen LogP contribution < -0.4 is 38.1 Å². The highest BCUT2D eigenvalue weighted by Crippen LogP contribution is 2.23. The SMILES string of the molecule is CC(C)[C@H](N)C(=O)N[C@H](C(=O)N[C@@H](Cc1ccc(O)cc1)C(=O)N1CCC[C@H]1C(=O)N[C@@H](Cc1c[nH]c2ccccc12)C(=O)N[C@H](C(=O)N[C@@H](CCC(N)=O)C(=O)O)[C@@H](C)O)C(C)C. The second kappa shape index (κ2) is 22.7. The molecule has 0 aliphatic carbocycles. The number of aliphatic carboxylic acids is 1. The Balaban J connectivity index is 1.62. The molecule has 4 rings (SSSR count). The van der Waals surface area contributed by atoms with E-state index in [2.05, 4.69) is 31.6 Å². The summed E-state index contributed by atoms with van der Waals surface area (Å²) in [5, 5.41) is 43.8. The van der Waals surface area contributed by atoms with E-state index in [0.717, 1.165) is 10.9 Å². The summed E-state index contributed by atoms with van der Waals surface area (Å²) in [7, 11) is 0. The van der Waals surface area contributed by atoms with Crippen LogP contribution in [0.4, 0.5) is 0 Å². The van der Waals surface area contributed by atoms with E-state index >= 15 is 0 Å². The van der Waals surface area contributed by atoms with E-state index in [0.29, 0.717) is 17.5 Å². The molecule has 0 saturated carbocycles. The predicted molar refractivity (Wildman–Crippen MR) is 234 cm³/mol. The van der Waals surface area contributed by atoms with E-state index in [1.165, 1.54) is 24.0 Å². The molecule has 1 fully saturated rings. The zero-order valence-corrected chi connectivity index (χ0v) is 36.6. The number of H-pyrrole nitrogens is 1. The quantitative estimate of drug-likeness (QED) is 0.0605. The number of fused-ring (bicyclic) bond motifs is 1. The molecule has 20 heteroatoms. The van der Waals surface area contributed by atoms with Crippen molar-refractivity contribution in [2.75, 3.05) is 6.54 Å². The summed E-state index contributed by atoms with van der Waals surface area (Å²) >= 11 is 0. The number of primary amides is 1. The molecule has 13 N–H and O–H groups in total. The number of carboxylic acid groups (broad SMARTS) is 1. The van der Waals surface area contributed by atoms with E-state index < -0.39 is 102 Å². The molecule has 1 aromatic heterocycles. The van der Waals surface area contributed by atoms with Crippen molar-refractivity contribution in [1.29, 1.82) is 0 Å². The van der Waals surface area contributed by atoms with Crippen molar-refractivity contribution in [2.45, 2.75) is 122 Å². The predicted octanol–water partition coefficient (Wildman–Crippen LogP) is -0.556. The van der Waals surface area contributed by atoms with Gasteiger partial charge in [-0.15, -0.1) is 0 Å². The number of carbonyl (C=O) groups excluding carboxylic acids is 7. The Morgan fingerprint density at radius 1 is 0.766 bits per heavy atom. The summed E-state index contributed by atoms with van der Waals surface area (Å²) in [5.74, 6) is -7.50. The zero-order valence-electron chi connectivity index (χ0n) is 36.6. The van der Waals surface area contributed by atoms with Gasteiger partial charge in [0.05, 0.1) is 12.1 Å². The number of carbonyl (C=O) groups is 8. The number of aliphatic hydroxyl groups is 1. The lowest BCUT2D eigenvalue weighted by Gasteiger charge is -2.32. The highest BCUT2D eigenvalue weighted by Gasteiger charge is 2.41. The van der Waals surface area contributed by atoms with E-state index in [9.17, 15) is 53.7 Å². The maximum absolute atomic E-state index is 14.6. The summed E-state index contributed by atoms with van der Waals surface area (Å²) in [5.41, 5.74) is 13.1. The van der Waals surface area contributed by atoms with Gasteiger partial charge < -0.3 is 63.3 Å². The highest BCUT2D eigenvalue weighted by atomic mass is 16.4. The monoisotopic (exact) mass is 891 g/mol. The largest absolute Gasteiger partial charge is 0.508 e. The molecule has 2 heterocycles. The van der Waals surface area contributed by atoms with Gasteiger partial charge in [0.15, 0.2) is 0 Å². The van der Waals surface area contributed by atoms with Crippen LogP contribution in [0.5, 0.6) is 5.75 Å². The van der Waals surface area contributed by atoms with Crippen molar-refractivity contribution >= 4 is 58.2 Å². The standard InChI is InChI=1S/C44H61N9O11/c1-22(2)35(46)40(59)51-36(23(3)4)41(60)50-32(19-25-12-14-27(55)15-13-25)43(62)53-18-8-11-33(53)39(58)49-31(20-26-21-47-29-10-7-6-9-28(26)29)38(57)52-37(24(5)54)42(61)48-30(44(63)64)16-17-34(45)56/h6-7,9-10,12-15,21-24,30-33,35-37,47,54-55H,8,11,16-20,46H2,1-5H3,(H2,45,56)(H,48,61)(H,49,58)(H,50,60)(H,51,59)(H,52,57)(H,63,64)/t24-,30+,31+,32+,33+,35+,36+,37+/m1/s1. The number of rotatable bonds is 22. The first-order valence-electron chi connectivity index (χ1n) is 21.3. The molecule has 1 aliphatic heterocycles. The van der Waals surface area contributed by atoms with Crippen molar-refractivity contribution in [3.05, 3.63) is 65.9 Å². The lowest BCUT2D eigenvalue weighted by molar-refractivity contribution is -0.143. The highest BCUT2D eigenvalue weighted by molar-refractivity contribution is 5.98. The van der Waals surface area contributed by atoms with Crippen LogP contribution in [-0.4, -0.2) is 127 Å². The number of benzene rings is 2. The van der Waals surface area contributed by atoms with Gasteiger partial charge in [-0.25, -0.2) is 4.79 Å². The Morgan fingerprint density at radius 2 is 1.39 bits per heavy atom. The third-order valence-electron chi connectivity index (χ3n) is 11.2. The second-order valence-corrected chi connectivity index (χ2v) is 16.9. The normalized spacial score (nSPS) is 17.1. The molecule has 0 spiro atoms. The molecule has 1 aliphatic rings. The Bertz CT molecular complexity index is 2160. The topological polar surface area (TPSA) is 328 Å². The summed E-state index contributed by atoms with van der Waals surface area (Å²) in [4.78, 5) is 111. The molecule has 8 atom stereocenters. The third-order valence-corrected chi connectivity index (χ3v) is 11.2. The average molecular weight is 892 g/mol. The smallest absolute Gasteiger partial charge is 0.326 e. The van der Waals surface area contributed by atoms with E-state index in [-0.39, 0.29) is 50.3 Å². The Hall–Kier alpha value is -6.54. The average Bonchev–Trinajstić information content (AvgIpc) is 3.90. The number of aromatic amines is 1. The number of likely N-dealkylation sites (tertiary alicyclic amines) is 1. The Labute approximate surface area is 370 Å². The summed E-state index contributed by atoms with van der Waals surface area (Å²) in [6, 6.07) is 4.15. The third kappa shape index (κ3) is 13.5. The number of nitrogens with two attached hydrogens (primary N) is 2. The van der Waals surface area contributed by atoms with Crippen molar-refractivity contribution in [3.63, 3.8) is 0 Å². The molecule has 7 amide bonds. The van der Waals surface area contributed by atoms with Gasteiger partial charge in [-0.05, 0) is 67.3 Å². The van der Waals surface area contributed by atoms with Crippen molar-refractivity contribution in [2.24, 2.45) is 23.3 Å². The molecular weight excluding hydrogens is 831 g/mol. The van der Waals surface area contributed by atoms with Gasteiger partial charge in [0.25, 0.3) is 0 Å². The summed E-state index contributed by atoms with van der Waals surface area (Å²) in [6.07, 6.45) is -0.252. The van der Waals surface area contributed by atoms with E-state index in [1.54, 1.807) is 64.2 Å². The fourth-order valence-corrected chi connectivity index (χ4v) is 7.38. The minimum absolute atomic E-state index is 0.0210. The van der Waals surface area contributed by atoms with Gasteiger partial charge in [0.2, 0.25) is 41.4 Å². The van der Waals surface area contributed by atoms with Gasteiger partial charge in [-0.3, -0.25) is 33.6 Å². The molecule has 3 aromatic rings. The summed E-state index contributed by atoms with van der Waals surface area (Å²) < 4.78 is 0. The van der Waals surface area contributed by atoms with Crippen LogP contribution in [0.25, 0.3) is 10.9 Å². The first-order valence-corrected chi connectivity index (χ1v) is 21.3. The fourth-order valence-electron chi connectivity index (χ4n) is 7.38. The first kappa shape index (κ1) is 50.1. The number of phenols is 1. The molecule has 64 heavy (non-hydrogen) atoms. The maximum Gasteiger partial charge on any atom is 0.326 e. The molecule has 348 valence electrons. The molecule has 20 nitrogen and oxygen atoms in total. The molecule has 2 aromatic carbocycles. The number of hydrogen-bond acceptors (Lipinski definition) is 11. The first-order chi connectivity index (χ1) is 30.2. The molecule has 0 unspecified atom stereocenters. The van der Waals surface area contributed by atoms with Crippen LogP contribution in [0.1, 0.15) is 71.4 Å². The lowest BCUT2D eigenvalue weighted by Crippen LogP contribution is -2.61. The van der Waals surface area contributed by atoms with Crippen LogP contribution in [-0.2, 0) is 51.2 Å². The number of nitrogens with one attached hydrogen (secondary N) is 6. The minimum Gasteiger partial charge on any atom is -0.508 e. The van der Waals surface area contributed by atoms with Gasteiger partial charge in [-0.2, -0.15) is 0 Å². The Kier molecular flexibility index (Phi) is 17.8. The number of aliphatic hydroxyl groups excluding tert-OH is 1. The zero-order chi connectivity index (χ0) is 47.4. The van der Waals surface area contributed by atoms with Crippen LogP contribution in [0.3, 0.4) is 0 Å². The lowest BCUT2D eigenvalue weighted by atomic mass is 9.98. The maximum atomic E-state index is 14.6. The second-order valence-electron chi connectivity index (χ2n) is 16.9. The number of aromatic hydroxyl groups is 1. The minimum atomic E-state index is -1.71. The molecule has 0 bridgehead atoms. The van der Waals surface area contributed by atoms with Crippen LogP contribution in [0, 0.1) is 11.8 Å². The van der Waals surface area contributed by atoms with Crippen molar-refractivity contribution < 1.29 is 53.7 Å². The van der Waals surface area contributed by atoms with Gasteiger partial charge in [0.1, 0.15) is 42.0 Å². The molecule has 1 saturated heterocycles. The van der Waals surface area contributed by atoms with Gasteiger partial charge >= 0.3 is 5.97 Å². The van der Waals surface area contributed by atoms with E-state index in [1.807, 2.05) is 6.07 Å². The van der Waals surface area contributed by atoms with Gasteiger partial charge in [0, 0.05) is 42.9 Å². The van der Waals surface area contributed by atoms with Crippen molar-refractivity contribution in [3.8, 4) is 5.75 Å². The fraction of sp³-hybridized carbons (Fsp3) is 0.500. The number of aromatic nitrogens is 1.